The van der Waals surface area contributed by atoms with Crippen molar-refractivity contribution < 1.29 is 9.63 Å². The summed E-state index contributed by atoms with van der Waals surface area (Å²) < 4.78 is -0.393. The first-order valence-corrected chi connectivity index (χ1v) is 10.3. The maximum atomic E-state index is 12.3. The Morgan fingerprint density at radius 3 is 1.57 bits per heavy atom. The van der Waals surface area contributed by atoms with Gasteiger partial charge in [0, 0.05) is 19.2 Å². The second-order valence-corrected chi connectivity index (χ2v) is 7.76. The third-order valence-corrected chi connectivity index (χ3v) is 6.35. The Hall–Kier alpha value is -2.56. The van der Waals surface area contributed by atoms with Crippen molar-refractivity contribution in [2.75, 3.05) is 19.9 Å². The molecule has 1 amide bonds. The summed E-state index contributed by atoms with van der Waals surface area (Å²) in [6.07, 6.45) is 0.406. The number of nitrogens with zero attached hydrogens (tertiary/aromatic N) is 1. The van der Waals surface area contributed by atoms with Gasteiger partial charge in [-0.25, -0.2) is 5.06 Å². The molecule has 0 heterocycles. The molecule has 0 fully saturated rings. The molecule has 3 nitrogen and oxygen atoms in total. The third-order valence-electron chi connectivity index (χ3n) is 4.80. The van der Waals surface area contributed by atoms with E-state index in [1.165, 1.54) is 28.9 Å². The van der Waals surface area contributed by atoms with E-state index < -0.39 is 4.75 Å². The van der Waals surface area contributed by atoms with Gasteiger partial charge in [0.25, 0.3) is 0 Å². The molecule has 0 unspecified atom stereocenters. The molecule has 0 aromatic heterocycles. The van der Waals surface area contributed by atoms with Gasteiger partial charge in [0.05, 0.1) is 11.9 Å². The molecule has 0 radical (unpaired) electrons. The smallest absolute Gasteiger partial charge is 0.246 e. The Bertz CT molecular complexity index is 772. The maximum absolute atomic E-state index is 12.3. The van der Waals surface area contributed by atoms with Crippen LogP contribution in [0.5, 0.6) is 0 Å². The molecule has 0 saturated heterocycles. The van der Waals surface area contributed by atoms with Gasteiger partial charge in [0.1, 0.15) is 0 Å². The summed E-state index contributed by atoms with van der Waals surface area (Å²) in [4.78, 5) is 17.3. The van der Waals surface area contributed by atoms with Crippen LogP contribution < -0.4 is 0 Å². The highest BCUT2D eigenvalue weighted by atomic mass is 32.2. The molecular formula is C24H25NO2S. The molecule has 0 bridgehead atoms. The van der Waals surface area contributed by atoms with E-state index >= 15 is 0 Å². The molecule has 0 spiro atoms. The van der Waals surface area contributed by atoms with Crippen LogP contribution in [0.15, 0.2) is 91.0 Å². The summed E-state index contributed by atoms with van der Waals surface area (Å²) in [6.45, 7) is 0. The molecule has 3 rings (SSSR count). The zero-order chi connectivity index (χ0) is 19.8. The molecule has 0 aliphatic rings. The number of amides is 1. The van der Waals surface area contributed by atoms with Crippen LogP contribution in [0.1, 0.15) is 23.1 Å². The van der Waals surface area contributed by atoms with Crippen LogP contribution in [0.2, 0.25) is 0 Å². The fourth-order valence-corrected chi connectivity index (χ4v) is 4.81. The van der Waals surface area contributed by atoms with Gasteiger partial charge in [-0.05, 0) is 16.7 Å². The van der Waals surface area contributed by atoms with Crippen LogP contribution in [0.4, 0.5) is 0 Å². The third kappa shape index (κ3) is 4.29. The number of hydroxylamine groups is 2. The van der Waals surface area contributed by atoms with Crippen LogP contribution >= 0.6 is 11.8 Å². The minimum absolute atomic E-state index is 0.0296. The van der Waals surface area contributed by atoms with E-state index in [1.54, 1.807) is 18.8 Å². The van der Waals surface area contributed by atoms with Gasteiger partial charge in [-0.15, -0.1) is 11.8 Å². The number of carbonyl (C=O) groups is 1. The second kappa shape index (κ2) is 9.58. The number of rotatable bonds is 8. The number of hydrogen-bond acceptors (Lipinski definition) is 3. The Morgan fingerprint density at radius 1 is 0.821 bits per heavy atom. The van der Waals surface area contributed by atoms with Crippen molar-refractivity contribution in [2.45, 2.75) is 11.2 Å². The average Bonchev–Trinajstić information content (AvgIpc) is 2.78. The van der Waals surface area contributed by atoms with Gasteiger partial charge >= 0.3 is 0 Å². The molecule has 4 heteroatoms. The standard InChI is InChI=1S/C24H25NO2S/c1-25(27-2)23(26)18-19-28-24(20-12-6-3-7-13-20,21-14-8-4-9-15-21)22-16-10-5-11-17-22/h3-17H,18-19H2,1-2H3. The van der Waals surface area contributed by atoms with Gasteiger partial charge in [0.2, 0.25) is 5.91 Å². The Labute approximate surface area is 171 Å². The second-order valence-electron chi connectivity index (χ2n) is 6.45. The quantitative estimate of drug-likeness (QED) is 0.394. The highest BCUT2D eigenvalue weighted by Crippen LogP contribution is 2.48. The normalized spacial score (nSPS) is 11.2. The maximum Gasteiger partial charge on any atom is 0.246 e. The molecular weight excluding hydrogens is 366 g/mol. The van der Waals surface area contributed by atoms with E-state index in [-0.39, 0.29) is 5.91 Å². The van der Waals surface area contributed by atoms with Gasteiger partial charge in [-0.2, -0.15) is 0 Å². The van der Waals surface area contributed by atoms with Crippen LogP contribution in [0.25, 0.3) is 0 Å². The molecule has 0 saturated carbocycles. The monoisotopic (exact) mass is 391 g/mol. The van der Waals surface area contributed by atoms with E-state index in [2.05, 4.69) is 72.8 Å². The first-order chi connectivity index (χ1) is 13.7. The Kier molecular flexibility index (Phi) is 6.90. The molecule has 3 aromatic rings. The zero-order valence-corrected chi connectivity index (χ0v) is 17.1. The minimum Gasteiger partial charge on any atom is -0.275 e. The average molecular weight is 392 g/mol. The van der Waals surface area contributed by atoms with Crippen molar-refractivity contribution in [1.82, 2.24) is 5.06 Å². The van der Waals surface area contributed by atoms with Gasteiger partial charge < -0.3 is 0 Å². The first kappa shape index (κ1) is 20.2. The fourth-order valence-electron chi connectivity index (χ4n) is 3.32. The van der Waals surface area contributed by atoms with Crippen LogP contribution in [-0.2, 0) is 14.4 Å². The van der Waals surface area contributed by atoms with Crippen molar-refractivity contribution in [2.24, 2.45) is 0 Å². The predicted octanol–water partition coefficient (Wildman–Crippen LogP) is 5.12. The predicted molar refractivity (Wildman–Crippen MR) is 116 cm³/mol. The lowest BCUT2D eigenvalue weighted by atomic mass is 9.84. The number of hydrogen-bond donors (Lipinski definition) is 0. The van der Waals surface area contributed by atoms with E-state index in [1.807, 2.05) is 18.2 Å². The summed E-state index contributed by atoms with van der Waals surface area (Å²) in [7, 11) is 3.15. The summed E-state index contributed by atoms with van der Waals surface area (Å²) in [5.74, 6) is 0.642. The molecule has 144 valence electrons. The van der Waals surface area contributed by atoms with Crippen molar-refractivity contribution in [3.63, 3.8) is 0 Å². The molecule has 0 aliphatic carbocycles. The summed E-state index contributed by atoms with van der Waals surface area (Å²) in [6, 6.07) is 31.5. The van der Waals surface area contributed by atoms with Crippen LogP contribution in [0.3, 0.4) is 0 Å². The van der Waals surface area contributed by atoms with Crippen LogP contribution in [-0.4, -0.2) is 30.9 Å². The summed E-state index contributed by atoms with van der Waals surface area (Å²) in [5.41, 5.74) is 3.60. The molecule has 28 heavy (non-hydrogen) atoms. The first-order valence-electron chi connectivity index (χ1n) is 9.29. The number of thioether (sulfide) groups is 1. The zero-order valence-electron chi connectivity index (χ0n) is 16.2. The van der Waals surface area contributed by atoms with E-state index in [0.717, 1.165) is 0 Å². The largest absolute Gasteiger partial charge is 0.275 e. The molecule has 0 atom stereocenters. The van der Waals surface area contributed by atoms with Crippen molar-refractivity contribution in [1.29, 1.82) is 0 Å². The Balaban J connectivity index is 2.05. The number of carbonyl (C=O) groups excluding carboxylic acids is 1. The topological polar surface area (TPSA) is 29.5 Å². The lowest BCUT2D eigenvalue weighted by molar-refractivity contribution is -0.168. The number of benzene rings is 3. The summed E-state index contributed by atoms with van der Waals surface area (Å²) in [5, 5.41) is 1.29. The highest BCUT2D eigenvalue weighted by molar-refractivity contribution is 8.00. The van der Waals surface area contributed by atoms with E-state index in [9.17, 15) is 4.79 Å². The lowest BCUT2D eigenvalue weighted by Crippen LogP contribution is -2.28. The van der Waals surface area contributed by atoms with Gasteiger partial charge in [-0.3, -0.25) is 9.63 Å². The van der Waals surface area contributed by atoms with E-state index in [4.69, 9.17) is 4.84 Å². The summed E-state index contributed by atoms with van der Waals surface area (Å²) >= 11 is 1.78. The minimum atomic E-state index is -0.393. The lowest BCUT2D eigenvalue weighted by Gasteiger charge is -2.35. The molecule has 0 N–H and O–H groups in total. The van der Waals surface area contributed by atoms with E-state index in [0.29, 0.717) is 12.2 Å². The van der Waals surface area contributed by atoms with Crippen molar-refractivity contribution >= 4 is 17.7 Å². The SMILES string of the molecule is CON(C)C(=O)CCSC(c1ccccc1)(c1ccccc1)c1ccccc1. The molecule has 3 aromatic carbocycles. The van der Waals surface area contributed by atoms with Crippen molar-refractivity contribution in [3.8, 4) is 0 Å². The highest BCUT2D eigenvalue weighted by Gasteiger charge is 2.36. The van der Waals surface area contributed by atoms with Gasteiger partial charge in [0.15, 0.2) is 0 Å². The van der Waals surface area contributed by atoms with Gasteiger partial charge in [-0.1, -0.05) is 91.0 Å². The fraction of sp³-hybridized carbons (Fsp3) is 0.208. The molecule has 0 aliphatic heterocycles. The van der Waals surface area contributed by atoms with Crippen molar-refractivity contribution in [3.05, 3.63) is 108 Å². The van der Waals surface area contributed by atoms with Crippen LogP contribution in [0, 0.1) is 0 Å². The Morgan fingerprint density at radius 2 is 1.21 bits per heavy atom.